The number of nitro groups is 1. The molecule has 1 rings (SSSR count). The van der Waals surface area contributed by atoms with E-state index in [0.717, 1.165) is 0 Å². The van der Waals surface area contributed by atoms with Crippen LogP contribution in [0, 0.1) is 16.0 Å². The first-order chi connectivity index (χ1) is 8.91. The van der Waals surface area contributed by atoms with Gasteiger partial charge in [-0.2, -0.15) is 0 Å². The standard InChI is InChI=1S/C13H18N2O4/c1-9(2)11(7-13(16)17)14-8-10-5-3-4-6-12(10)15(18)19/h3-6,9,11,14H,7-8H2,1-2H3,(H,16,17). The van der Waals surface area contributed by atoms with Crippen molar-refractivity contribution in [1.29, 1.82) is 0 Å². The van der Waals surface area contributed by atoms with E-state index in [0.29, 0.717) is 12.1 Å². The number of nitrogens with zero attached hydrogens (tertiary/aromatic N) is 1. The molecule has 0 aliphatic carbocycles. The van der Waals surface area contributed by atoms with Crippen LogP contribution in [0.4, 0.5) is 5.69 Å². The van der Waals surface area contributed by atoms with E-state index in [4.69, 9.17) is 0 Å². The van der Waals surface area contributed by atoms with Crippen LogP contribution in [0.2, 0.25) is 0 Å². The van der Waals surface area contributed by atoms with E-state index in [-0.39, 0.29) is 24.1 Å². The fourth-order valence-corrected chi connectivity index (χ4v) is 1.92. The first-order valence-corrected chi connectivity index (χ1v) is 6.17. The summed E-state index contributed by atoms with van der Waals surface area (Å²) in [7, 11) is 0. The van der Waals surface area contributed by atoms with Gasteiger partial charge in [-0.3, -0.25) is 10.1 Å². The molecule has 6 nitrogen and oxygen atoms in total. The molecule has 0 bridgehead atoms. The number of carbonyl (C=O) groups is 1. The molecule has 0 aromatic heterocycles. The van der Waals surface area contributed by atoms with Gasteiger partial charge in [0.2, 0.25) is 0 Å². The zero-order chi connectivity index (χ0) is 14.4. The van der Waals surface area contributed by atoms with Gasteiger partial charge in [0, 0.05) is 24.4 Å². The maximum Gasteiger partial charge on any atom is 0.278 e. The number of hydrogen-bond acceptors (Lipinski definition) is 4. The van der Waals surface area contributed by atoms with Gasteiger partial charge >= 0.3 is 0 Å². The molecule has 0 radical (unpaired) electrons. The molecule has 104 valence electrons. The minimum absolute atomic E-state index is 0.0572. The Morgan fingerprint density at radius 3 is 2.53 bits per heavy atom. The molecule has 0 aliphatic rings. The van der Waals surface area contributed by atoms with Crippen molar-refractivity contribution in [2.75, 3.05) is 0 Å². The summed E-state index contributed by atoms with van der Waals surface area (Å²) in [6.07, 6.45) is -0.0572. The molecule has 0 heterocycles. The Labute approximate surface area is 111 Å². The number of carbonyl (C=O) groups excluding carboxylic acids is 1. The van der Waals surface area contributed by atoms with Crippen molar-refractivity contribution in [1.82, 2.24) is 0 Å². The van der Waals surface area contributed by atoms with Crippen molar-refractivity contribution in [3.63, 3.8) is 0 Å². The number of carboxylic acids is 1. The number of hydrogen-bond donors (Lipinski definition) is 1. The molecule has 1 unspecified atom stereocenters. The van der Waals surface area contributed by atoms with E-state index in [2.05, 4.69) is 0 Å². The van der Waals surface area contributed by atoms with Gasteiger partial charge in [-0.1, -0.05) is 26.0 Å². The molecule has 0 amide bonds. The van der Waals surface area contributed by atoms with Gasteiger partial charge in [-0.05, 0) is 6.07 Å². The molecule has 0 aliphatic heterocycles. The zero-order valence-electron chi connectivity index (χ0n) is 11.0. The lowest BCUT2D eigenvalue weighted by Gasteiger charge is -2.19. The van der Waals surface area contributed by atoms with Crippen LogP contribution in [-0.4, -0.2) is 16.9 Å². The van der Waals surface area contributed by atoms with Crippen molar-refractivity contribution in [2.24, 2.45) is 5.92 Å². The van der Waals surface area contributed by atoms with Gasteiger partial charge in [0.25, 0.3) is 5.69 Å². The average molecular weight is 266 g/mol. The van der Waals surface area contributed by atoms with Crippen LogP contribution in [-0.2, 0) is 11.3 Å². The van der Waals surface area contributed by atoms with Crippen molar-refractivity contribution < 1.29 is 20.1 Å². The fourth-order valence-electron chi connectivity index (χ4n) is 1.92. The molecule has 19 heavy (non-hydrogen) atoms. The number of rotatable bonds is 7. The molecule has 1 aromatic carbocycles. The molecular weight excluding hydrogens is 248 g/mol. The highest BCUT2D eigenvalue weighted by Crippen LogP contribution is 2.16. The second-order valence-electron chi connectivity index (χ2n) is 4.81. The topological polar surface area (TPSA) is 99.9 Å². The molecule has 0 fully saturated rings. The van der Waals surface area contributed by atoms with Crippen LogP contribution >= 0.6 is 0 Å². The zero-order valence-corrected chi connectivity index (χ0v) is 11.0. The minimum atomic E-state index is -1.10. The summed E-state index contributed by atoms with van der Waals surface area (Å²) in [5.74, 6) is -0.946. The van der Waals surface area contributed by atoms with Gasteiger partial charge in [0.05, 0.1) is 16.5 Å². The predicted octanol–water partition coefficient (Wildman–Crippen LogP) is -0.177. The summed E-state index contributed by atoms with van der Waals surface area (Å²) in [5.41, 5.74) is 0.659. The van der Waals surface area contributed by atoms with E-state index in [1.165, 1.54) is 6.07 Å². The first-order valence-electron chi connectivity index (χ1n) is 6.17. The Kier molecular flexibility index (Phi) is 5.44. The summed E-state index contributed by atoms with van der Waals surface area (Å²) in [5, 5.41) is 23.3. The normalized spacial score (nSPS) is 12.4. The van der Waals surface area contributed by atoms with Crippen LogP contribution in [0.1, 0.15) is 25.8 Å². The maximum atomic E-state index is 10.9. The molecule has 0 saturated heterocycles. The summed E-state index contributed by atoms with van der Waals surface area (Å²) in [6.45, 7) is 4.22. The summed E-state index contributed by atoms with van der Waals surface area (Å²) >= 11 is 0. The van der Waals surface area contributed by atoms with Gasteiger partial charge in [0.15, 0.2) is 0 Å². The van der Waals surface area contributed by atoms with E-state index in [9.17, 15) is 20.0 Å². The van der Waals surface area contributed by atoms with Crippen molar-refractivity contribution in [3.05, 3.63) is 39.9 Å². The van der Waals surface area contributed by atoms with Gasteiger partial charge in [-0.25, -0.2) is 0 Å². The number of aliphatic carboxylic acids is 1. The number of nitrogens with two attached hydrogens (primary N) is 1. The molecule has 1 aromatic rings. The summed E-state index contributed by atoms with van der Waals surface area (Å²) in [6, 6.07) is 6.34. The monoisotopic (exact) mass is 266 g/mol. The number of nitro benzene ring substituents is 1. The Morgan fingerprint density at radius 1 is 1.37 bits per heavy atom. The van der Waals surface area contributed by atoms with Crippen molar-refractivity contribution >= 4 is 11.7 Å². The Morgan fingerprint density at radius 2 is 2.00 bits per heavy atom. The molecule has 6 heteroatoms. The van der Waals surface area contributed by atoms with Crippen molar-refractivity contribution in [3.8, 4) is 0 Å². The molecular formula is C13H18N2O4. The quantitative estimate of drug-likeness (QED) is 0.546. The largest absolute Gasteiger partial charge is 0.550 e. The smallest absolute Gasteiger partial charge is 0.278 e. The third kappa shape index (κ3) is 4.67. The van der Waals surface area contributed by atoms with Crippen molar-refractivity contribution in [2.45, 2.75) is 32.9 Å². The lowest BCUT2D eigenvalue weighted by Crippen LogP contribution is -2.90. The second kappa shape index (κ2) is 6.84. The Bertz CT molecular complexity index is 460. The predicted molar refractivity (Wildman–Crippen MR) is 67.0 cm³/mol. The molecule has 0 saturated carbocycles. The van der Waals surface area contributed by atoms with Gasteiger partial charge in [-0.15, -0.1) is 0 Å². The highest BCUT2D eigenvalue weighted by Gasteiger charge is 2.19. The SMILES string of the molecule is CC(C)C(CC(=O)[O-])[NH2+]Cc1ccccc1[N+](=O)[O-]. The minimum Gasteiger partial charge on any atom is -0.550 e. The Hall–Kier alpha value is -1.95. The lowest BCUT2D eigenvalue weighted by molar-refractivity contribution is -0.710. The highest BCUT2D eigenvalue weighted by molar-refractivity contribution is 5.64. The fraction of sp³-hybridized carbons (Fsp3) is 0.462. The number of para-hydroxylation sites is 1. The van der Waals surface area contributed by atoms with E-state index >= 15 is 0 Å². The molecule has 0 spiro atoms. The van der Waals surface area contributed by atoms with Crippen LogP contribution in [0.5, 0.6) is 0 Å². The van der Waals surface area contributed by atoms with Crippen LogP contribution in [0.3, 0.4) is 0 Å². The van der Waals surface area contributed by atoms with Crippen LogP contribution < -0.4 is 10.4 Å². The highest BCUT2D eigenvalue weighted by atomic mass is 16.6. The summed E-state index contributed by atoms with van der Waals surface area (Å²) in [4.78, 5) is 21.1. The summed E-state index contributed by atoms with van der Waals surface area (Å²) < 4.78 is 0. The van der Waals surface area contributed by atoms with E-state index in [1.807, 2.05) is 19.2 Å². The third-order valence-electron chi connectivity index (χ3n) is 3.09. The number of benzene rings is 1. The van der Waals surface area contributed by atoms with Gasteiger partial charge in [0.1, 0.15) is 6.54 Å². The Balaban J connectivity index is 2.74. The lowest BCUT2D eigenvalue weighted by atomic mass is 10.0. The van der Waals surface area contributed by atoms with Crippen LogP contribution in [0.15, 0.2) is 24.3 Å². The molecule has 1 atom stereocenters. The van der Waals surface area contributed by atoms with E-state index in [1.54, 1.807) is 18.2 Å². The molecule has 2 N–H and O–H groups in total. The van der Waals surface area contributed by atoms with Gasteiger partial charge < -0.3 is 15.2 Å². The number of quaternary nitrogens is 1. The van der Waals surface area contributed by atoms with Crippen LogP contribution in [0.25, 0.3) is 0 Å². The number of carboxylic acid groups (broad SMARTS) is 1. The second-order valence-corrected chi connectivity index (χ2v) is 4.81. The van der Waals surface area contributed by atoms with E-state index < -0.39 is 10.9 Å². The third-order valence-corrected chi connectivity index (χ3v) is 3.09. The first kappa shape index (κ1) is 15.1. The average Bonchev–Trinajstić information content (AvgIpc) is 2.34. The maximum absolute atomic E-state index is 10.9.